The second-order valence-corrected chi connectivity index (χ2v) is 9.45. The Morgan fingerprint density at radius 3 is 2.51 bits per heavy atom. The van der Waals surface area contributed by atoms with E-state index in [1.54, 1.807) is 31.3 Å². The zero-order chi connectivity index (χ0) is 25.0. The highest BCUT2D eigenvalue weighted by Gasteiger charge is 2.58. The van der Waals surface area contributed by atoms with Gasteiger partial charge < -0.3 is 10.5 Å². The van der Waals surface area contributed by atoms with Crippen LogP contribution in [-0.4, -0.2) is 60.1 Å². The molecule has 2 aromatic rings. The van der Waals surface area contributed by atoms with Gasteiger partial charge in [-0.25, -0.2) is 4.99 Å². The molecule has 1 amide bonds. The number of nitrogens with zero attached hydrogens (tertiary/aromatic N) is 4. The molecule has 0 aliphatic carbocycles. The molecule has 1 atom stereocenters. The fourth-order valence-corrected chi connectivity index (χ4v) is 5.36. The average Bonchev–Trinajstić information content (AvgIpc) is 3.03. The number of guanidine groups is 1. The number of alkyl halides is 3. The number of amides is 1. The molecule has 35 heavy (non-hydrogen) atoms. The molecule has 2 N–H and O–H groups in total. The third kappa shape index (κ3) is 4.00. The summed E-state index contributed by atoms with van der Waals surface area (Å²) in [7, 11) is 1.56. The SMILES string of the molecule is CN1C(=O)C2(CC3(CCN(CC(F)(F)F)CC3)Oc3ccc(-c4cccc(C#N)c4)cc32)N=C1N. The molecule has 182 valence electrons. The molecule has 0 saturated carbocycles. The number of hydrogen-bond acceptors (Lipinski definition) is 6. The fourth-order valence-electron chi connectivity index (χ4n) is 5.36. The summed E-state index contributed by atoms with van der Waals surface area (Å²) < 4.78 is 45.1. The van der Waals surface area contributed by atoms with E-state index < -0.39 is 23.9 Å². The van der Waals surface area contributed by atoms with Gasteiger partial charge in [-0.15, -0.1) is 0 Å². The van der Waals surface area contributed by atoms with Crippen LogP contribution in [0.3, 0.4) is 0 Å². The Labute approximate surface area is 200 Å². The first-order chi connectivity index (χ1) is 16.5. The van der Waals surface area contributed by atoms with Crippen LogP contribution in [0.1, 0.15) is 30.4 Å². The van der Waals surface area contributed by atoms with Crippen molar-refractivity contribution in [3.8, 4) is 22.9 Å². The van der Waals surface area contributed by atoms with Crippen LogP contribution in [-0.2, 0) is 10.3 Å². The number of fused-ring (bicyclic) bond motifs is 2. The van der Waals surface area contributed by atoms with E-state index in [0.717, 1.165) is 11.1 Å². The fraction of sp³-hybridized carbons (Fsp3) is 0.400. The number of likely N-dealkylation sites (N-methyl/N-ethyl adjacent to an activating group) is 1. The minimum absolute atomic E-state index is 0.0874. The normalized spacial score (nSPS) is 23.7. The van der Waals surface area contributed by atoms with Gasteiger partial charge in [-0.3, -0.25) is 14.6 Å². The summed E-state index contributed by atoms with van der Waals surface area (Å²) in [5.74, 6) is 0.268. The Kier molecular flexibility index (Phi) is 5.29. The molecule has 7 nitrogen and oxygen atoms in total. The van der Waals surface area contributed by atoms with Crippen LogP contribution >= 0.6 is 0 Å². The van der Waals surface area contributed by atoms with E-state index in [1.165, 1.54) is 9.80 Å². The van der Waals surface area contributed by atoms with Crippen LogP contribution < -0.4 is 10.5 Å². The maximum Gasteiger partial charge on any atom is 0.401 e. The lowest BCUT2D eigenvalue weighted by Crippen LogP contribution is -2.56. The number of nitriles is 1. The Balaban J connectivity index is 1.55. The van der Waals surface area contributed by atoms with Gasteiger partial charge in [0.25, 0.3) is 5.91 Å². The van der Waals surface area contributed by atoms with Crippen LogP contribution in [0.25, 0.3) is 11.1 Å². The number of nitrogens with two attached hydrogens (primary N) is 1. The molecular weight excluding hydrogens is 459 g/mol. The lowest BCUT2D eigenvalue weighted by atomic mass is 9.72. The van der Waals surface area contributed by atoms with Crippen molar-refractivity contribution in [2.24, 2.45) is 10.7 Å². The van der Waals surface area contributed by atoms with Crippen molar-refractivity contribution < 1.29 is 22.7 Å². The summed E-state index contributed by atoms with van der Waals surface area (Å²) in [5.41, 5.74) is 6.59. The van der Waals surface area contributed by atoms with Crippen molar-refractivity contribution >= 4 is 11.9 Å². The minimum Gasteiger partial charge on any atom is -0.487 e. The standard InChI is InChI=1S/C25H24F3N5O2/c1-32-21(34)24(31-22(32)30)14-23(7-9-33(10-8-23)15-25(26,27)28)35-20-6-5-18(12-19(20)24)17-4-2-3-16(11-17)13-29/h2-6,11-12H,7-10,14-15H2,1H3,(H2,30,31). The Morgan fingerprint density at radius 2 is 1.89 bits per heavy atom. The number of halogens is 3. The van der Waals surface area contributed by atoms with Crippen molar-refractivity contribution in [2.45, 2.75) is 36.6 Å². The van der Waals surface area contributed by atoms with E-state index in [2.05, 4.69) is 11.1 Å². The number of ether oxygens (including phenoxy) is 1. The van der Waals surface area contributed by atoms with Gasteiger partial charge in [-0.05, 0) is 48.2 Å². The van der Waals surface area contributed by atoms with Crippen molar-refractivity contribution in [2.75, 3.05) is 26.7 Å². The van der Waals surface area contributed by atoms with Crippen molar-refractivity contribution in [1.82, 2.24) is 9.80 Å². The van der Waals surface area contributed by atoms with Crippen LogP contribution in [0.5, 0.6) is 5.75 Å². The van der Waals surface area contributed by atoms with E-state index in [-0.39, 0.29) is 31.4 Å². The van der Waals surface area contributed by atoms with Gasteiger partial charge in [-0.2, -0.15) is 18.4 Å². The number of piperidine rings is 1. The van der Waals surface area contributed by atoms with Crippen molar-refractivity contribution in [1.29, 1.82) is 5.26 Å². The largest absolute Gasteiger partial charge is 0.487 e. The quantitative estimate of drug-likeness (QED) is 0.707. The molecule has 2 spiro atoms. The number of hydrogen-bond donors (Lipinski definition) is 1. The van der Waals surface area contributed by atoms with Crippen molar-refractivity contribution in [3.63, 3.8) is 0 Å². The van der Waals surface area contributed by atoms with Crippen LogP contribution in [0.2, 0.25) is 0 Å². The highest BCUT2D eigenvalue weighted by atomic mass is 19.4. The number of rotatable bonds is 2. The zero-order valence-corrected chi connectivity index (χ0v) is 19.1. The van der Waals surface area contributed by atoms with Gasteiger partial charge in [0.15, 0.2) is 11.5 Å². The summed E-state index contributed by atoms with van der Waals surface area (Å²) in [6, 6.07) is 14.7. The Bertz CT molecular complexity index is 1260. The molecule has 2 aromatic carbocycles. The topological polar surface area (TPSA) is 95.0 Å². The summed E-state index contributed by atoms with van der Waals surface area (Å²) in [6.45, 7) is -0.566. The van der Waals surface area contributed by atoms with Gasteiger partial charge in [0, 0.05) is 32.1 Å². The molecule has 1 fully saturated rings. The van der Waals surface area contributed by atoms with Gasteiger partial charge in [0.2, 0.25) is 0 Å². The molecule has 10 heteroatoms. The summed E-state index contributed by atoms with van der Waals surface area (Å²) in [6.07, 6.45) is -3.41. The first-order valence-corrected chi connectivity index (χ1v) is 11.3. The lowest BCUT2D eigenvalue weighted by Gasteiger charge is -2.48. The predicted octanol–water partition coefficient (Wildman–Crippen LogP) is 3.39. The molecule has 0 aromatic heterocycles. The second-order valence-electron chi connectivity index (χ2n) is 9.45. The molecule has 3 heterocycles. The monoisotopic (exact) mass is 483 g/mol. The van der Waals surface area contributed by atoms with E-state index >= 15 is 0 Å². The third-order valence-electron chi connectivity index (χ3n) is 7.13. The molecular formula is C25H24F3N5O2. The summed E-state index contributed by atoms with van der Waals surface area (Å²) in [5, 5.41) is 9.27. The minimum atomic E-state index is -4.27. The first kappa shape index (κ1) is 23.2. The predicted molar refractivity (Wildman–Crippen MR) is 122 cm³/mol. The summed E-state index contributed by atoms with van der Waals surface area (Å²) in [4.78, 5) is 20.9. The second kappa shape index (κ2) is 7.99. The van der Waals surface area contributed by atoms with Crippen LogP contribution in [0.15, 0.2) is 47.5 Å². The number of carbonyl (C=O) groups excluding carboxylic acids is 1. The van der Waals surface area contributed by atoms with E-state index in [1.807, 2.05) is 18.2 Å². The molecule has 0 radical (unpaired) electrons. The number of carbonyl (C=O) groups is 1. The zero-order valence-electron chi connectivity index (χ0n) is 19.1. The number of benzene rings is 2. The highest BCUT2D eigenvalue weighted by molar-refractivity contribution is 6.07. The van der Waals surface area contributed by atoms with Gasteiger partial charge in [0.1, 0.15) is 11.4 Å². The first-order valence-electron chi connectivity index (χ1n) is 11.3. The highest BCUT2D eigenvalue weighted by Crippen LogP contribution is 2.52. The molecule has 3 aliphatic heterocycles. The lowest BCUT2D eigenvalue weighted by molar-refractivity contribution is -0.155. The van der Waals surface area contributed by atoms with Gasteiger partial charge >= 0.3 is 6.18 Å². The van der Waals surface area contributed by atoms with Gasteiger partial charge in [-0.1, -0.05) is 18.2 Å². The molecule has 5 rings (SSSR count). The molecule has 0 bridgehead atoms. The maximum atomic E-state index is 13.6. The average molecular weight is 483 g/mol. The summed E-state index contributed by atoms with van der Waals surface area (Å²) >= 11 is 0. The van der Waals surface area contributed by atoms with E-state index in [0.29, 0.717) is 29.7 Å². The smallest absolute Gasteiger partial charge is 0.401 e. The van der Waals surface area contributed by atoms with Crippen LogP contribution in [0.4, 0.5) is 13.2 Å². The Morgan fingerprint density at radius 1 is 1.17 bits per heavy atom. The maximum absolute atomic E-state index is 13.6. The van der Waals surface area contributed by atoms with E-state index in [9.17, 15) is 23.2 Å². The number of aliphatic imine (C=N–C) groups is 1. The molecule has 3 aliphatic rings. The number of likely N-dealkylation sites (tertiary alicyclic amines) is 1. The van der Waals surface area contributed by atoms with Crippen LogP contribution in [0, 0.1) is 11.3 Å². The van der Waals surface area contributed by atoms with Gasteiger partial charge in [0.05, 0.1) is 18.2 Å². The van der Waals surface area contributed by atoms with Crippen molar-refractivity contribution in [3.05, 3.63) is 53.6 Å². The van der Waals surface area contributed by atoms with E-state index in [4.69, 9.17) is 10.5 Å². The molecule has 1 saturated heterocycles. The molecule has 1 unspecified atom stereocenters. The Hall–Kier alpha value is -3.58. The third-order valence-corrected chi connectivity index (χ3v) is 7.13.